The Morgan fingerprint density at radius 1 is 0.913 bits per heavy atom. The Kier molecular flexibility index (Phi) is 9.68. The van der Waals surface area contributed by atoms with Crippen molar-refractivity contribution in [3.8, 4) is 0 Å². The van der Waals surface area contributed by atoms with Gasteiger partial charge in [0, 0.05) is 6.42 Å². The quantitative estimate of drug-likeness (QED) is 0.678. The first-order chi connectivity index (χ1) is 11.0. The molecular weight excluding hydrogens is 292 g/mol. The van der Waals surface area contributed by atoms with E-state index in [-0.39, 0.29) is 5.54 Å². The molecule has 0 spiro atoms. The van der Waals surface area contributed by atoms with Crippen LogP contribution in [0.4, 0.5) is 0 Å². The van der Waals surface area contributed by atoms with E-state index in [1.807, 2.05) is 40.0 Å². The van der Waals surface area contributed by atoms with E-state index in [4.69, 9.17) is 5.11 Å². The molecule has 5 heteroatoms. The second-order valence-corrected chi connectivity index (χ2v) is 5.51. The highest BCUT2D eigenvalue weighted by atomic mass is 16.4. The third-order valence-electron chi connectivity index (χ3n) is 4.42. The van der Waals surface area contributed by atoms with Gasteiger partial charge in [0.1, 0.15) is 5.54 Å². The van der Waals surface area contributed by atoms with Crippen LogP contribution in [0.15, 0.2) is 24.3 Å². The molecule has 23 heavy (non-hydrogen) atoms. The van der Waals surface area contributed by atoms with Crippen molar-refractivity contribution in [2.45, 2.75) is 64.0 Å². The van der Waals surface area contributed by atoms with Crippen LogP contribution in [0.2, 0.25) is 0 Å². The Bertz CT molecular complexity index is 426. The van der Waals surface area contributed by atoms with Crippen LogP contribution in [0.3, 0.4) is 0 Å². The molecule has 0 saturated heterocycles. The summed E-state index contributed by atoms with van der Waals surface area (Å²) in [5.41, 5.74) is -0.964. The molecular formula is C18H32N2O3. The standard InChI is InChI=1S/C9H15NO.C7H11NO2.C2H6/c1-3-8(11)9(10-2)6-4-5-7-9;1-8-7(6(9)10)4-2-3-5-7;1-2/h4-5,10H,3,6-7H2,1-2H3;2-3,8H,4-5H2,1H3,(H,9,10);1-2H3. The summed E-state index contributed by atoms with van der Waals surface area (Å²) in [7, 11) is 3.54. The average Bonchev–Trinajstić information content (AvgIpc) is 3.27. The Balaban J connectivity index is 0.000000381. The number of carboxylic acid groups (broad SMARTS) is 1. The van der Waals surface area contributed by atoms with Crippen LogP contribution >= 0.6 is 0 Å². The maximum atomic E-state index is 11.5. The summed E-state index contributed by atoms with van der Waals surface area (Å²) in [6, 6.07) is 0. The van der Waals surface area contributed by atoms with Crippen molar-refractivity contribution in [1.29, 1.82) is 0 Å². The Morgan fingerprint density at radius 3 is 1.48 bits per heavy atom. The third-order valence-corrected chi connectivity index (χ3v) is 4.42. The second kappa shape index (κ2) is 10.3. The average molecular weight is 324 g/mol. The molecule has 132 valence electrons. The molecule has 0 aliphatic heterocycles. The van der Waals surface area contributed by atoms with Crippen molar-refractivity contribution in [1.82, 2.24) is 10.6 Å². The summed E-state index contributed by atoms with van der Waals surface area (Å²) < 4.78 is 0. The number of rotatable bonds is 5. The smallest absolute Gasteiger partial charge is 0.324 e. The maximum Gasteiger partial charge on any atom is 0.324 e. The monoisotopic (exact) mass is 324 g/mol. The minimum Gasteiger partial charge on any atom is -0.480 e. The van der Waals surface area contributed by atoms with E-state index in [9.17, 15) is 9.59 Å². The van der Waals surface area contributed by atoms with Crippen molar-refractivity contribution in [3.63, 3.8) is 0 Å². The molecule has 0 saturated carbocycles. The number of Topliss-reactive ketones (excluding diaryl/α,β-unsaturated/α-hetero) is 1. The van der Waals surface area contributed by atoms with Gasteiger partial charge in [-0.2, -0.15) is 0 Å². The van der Waals surface area contributed by atoms with Crippen molar-refractivity contribution >= 4 is 11.8 Å². The van der Waals surface area contributed by atoms with E-state index in [1.165, 1.54) is 0 Å². The van der Waals surface area contributed by atoms with Gasteiger partial charge < -0.3 is 15.7 Å². The van der Waals surface area contributed by atoms with Crippen LogP contribution in [0, 0.1) is 0 Å². The summed E-state index contributed by atoms with van der Waals surface area (Å²) in [4.78, 5) is 22.1. The number of hydrogen-bond donors (Lipinski definition) is 3. The zero-order chi connectivity index (χ0) is 17.9. The normalized spacial score (nSPS) is 19.3. The van der Waals surface area contributed by atoms with Crippen molar-refractivity contribution in [2.24, 2.45) is 0 Å². The lowest BCUT2D eigenvalue weighted by Crippen LogP contribution is -2.47. The fourth-order valence-electron chi connectivity index (χ4n) is 2.70. The molecule has 0 fully saturated rings. The first-order valence-electron chi connectivity index (χ1n) is 8.41. The van der Waals surface area contributed by atoms with Crippen LogP contribution in [-0.2, 0) is 9.59 Å². The van der Waals surface area contributed by atoms with Gasteiger partial charge in [0.2, 0.25) is 0 Å². The molecule has 0 aromatic heterocycles. The number of ketones is 1. The van der Waals surface area contributed by atoms with Crippen LogP contribution in [0.25, 0.3) is 0 Å². The number of likely N-dealkylation sites (N-methyl/N-ethyl adjacent to an activating group) is 2. The molecule has 3 N–H and O–H groups in total. The summed E-state index contributed by atoms with van der Waals surface area (Å²) in [5.74, 6) is -0.440. The van der Waals surface area contributed by atoms with Crippen LogP contribution in [0.1, 0.15) is 52.9 Å². The van der Waals surface area contributed by atoms with Gasteiger partial charge in [0.25, 0.3) is 0 Å². The number of hydrogen-bond acceptors (Lipinski definition) is 4. The van der Waals surface area contributed by atoms with Crippen molar-refractivity contribution < 1.29 is 14.7 Å². The molecule has 0 aromatic rings. The summed E-state index contributed by atoms with van der Waals surface area (Å²) in [6.45, 7) is 5.92. The maximum absolute atomic E-state index is 11.5. The third kappa shape index (κ3) is 5.29. The molecule has 5 nitrogen and oxygen atoms in total. The van der Waals surface area contributed by atoms with E-state index in [0.29, 0.717) is 25.0 Å². The first-order valence-corrected chi connectivity index (χ1v) is 8.41. The lowest BCUT2D eigenvalue weighted by atomic mass is 9.90. The molecule has 2 aliphatic rings. The van der Waals surface area contributed by atoms with Gasteiger partial charge in [-0.25, -0.2) is 0 Å². The van der Waals surface area contributed by atoms with Gasteiger partial charge in [-0.3, -0.25) is 9.59 Å². The Hall–Kier alpha value is -1.46. The fraction of sp³-hybridized carbons (Fsp3) is 0.667. The first kappa shape index (κ1) is 21.5. The zero-order valence-electron chi connectivity index (χ0n) is 15.1. The Labute approximate surface area is 140 Å². The van der Waals surface area contributed by atoms with Gasteiger partial charge in [0.15, 0.2) is 5.78 Å². The molecule has 0 amide bonds. The van der Waals surface area contributed by atoms with E-state index >= 15 is 0 Å². The predicted molar refractivity (Wildman–Crippen MR) is 94.6 cm³/mol. The molecule has 0 radical (unpaired) electrons. The molecule has 0 unspecified atom stereocenters. The van der Waals surface area contributed by atoms with Gasteiger partial charge in [-0.05, 0) is 39.8 Å². The summed E-state index contributed by atoms with van der Waals surface area (Å²) in [6.07, 6.45) is 11.5. The molecule has 0 aromatic carbocycles. The lowest BCUT2D eigenvalue weighted by molar-refractivity contribution is -0.144. The Morgan fingerprint density at radius 2 is 1.26 bits per heavy atom. The minimum atomic E-state index is -0.764. The zero-order valence-corrected chi connectivity index (χ0v) is 15.1. The number of carboxylic acids is 1. The predicted octanol–water partition coefficient (Wildman–Crippen LogP) is 2.68. The molecule has 0 bridgehead atoms. The molecule has 2 aliphatic carbocycles. The largest absolute Gasteiger partial charge is 0.480 e. The van der Waals surface area contributed by atoms with Crippen molar-refractivity contribution in [3.05, 3.63) is 24.3 Å². The van der Waals surface area contributed by atoms with E-state index in [2.05, 4.69) is 22.8 Å². The summed E-state index contributed by atoms with van der Waals surface area (Å²) in [5, 5.41) is 14.7. The highest BCUT2D eigenvalue weighted by Gasteiger charge is 2.37. The molecule has 0 heterocycles. The molecule has 0 atom stereocenters. The fourth-order valence-corrected chi connectivity index (χ4v) is 2.70. The summed E-state index contributed by atoms with van der Waals surface area (Å²) >= 11 is 0. The minimum absolute atomic E-state index is 0.255. The molecule has 2 rings (SSSR count). The SMILES string of the molecule is CC.CCC(=O)C1(NC)CC=CC1.CNC1(C(=O)O)CC=CC1. The highest BCUT2D eigenvalue weighted by Crippen LogP contribution is 2.25. The van der Waals surface area contributed by atoms with E-state index < -0.39 is 11.5 Å². The highest BCUT2D eigenvalue weighted by molar-refractivity contribution is 5.89. The topological polar surface area (TPSA) is 78.4 Å². The second-order valence-electron chi connectivity index (χ2n) is 5.51. The van der Waals surface area contributed by atoms with Gasteiger partial charge >= 0.3 is 5.97 Å². The van der Waals surface area contributed by atoms with E-state index in [1.54, 1.807) is 7.05 Å². The van der Waals surface area contributed by atoms with Gasteiger partial charge in [-0.15, -0.1) is 0 Å². The number of nitrogens with one attached hydrogen (secondary N) is 2. The van der Waals surface area contributed by atoms with Gasteiger partial charge in [-0.1, -0.05) is 45.1 Å². The van der Waals surface area contributed by atoms with E-state index in [0.717, 1.165) is 12.8 Å². The lowest BCUT2D eigenvalue weighted by Gasteiger charge is -2.26. The number of aliphatic carboxylic acids is 1. The number of carbonyl (C=O) groups excluding carboxylic acids is 1. The van der Waals surface area contributed by atoms with Gasteiger partial charge in [0.05, 0.1) is 5.54 Å². The van der Waals surface area contributed by atoms with Crippen LogP contribution < -0.4 is 10.6 Å². The number of carbonyl (C=O) groups is 2. The van der Waals surface area contributed by atoms with Crippen LogP contribution in [0.5, 0.6) is 0 Å². The van der Waals surface area contributed by atoms with Crippen molar-refractivity contribution in [2.75, 3.05) is 14.1 Å². The van der Waals surface area contributed by atoms with Crippen LogP contribution in [-0.4, -0.2) is 42.0 Å².